The molecule has 0 bridgehead atoms. The summed E-state index contributed by atoms with van der Waals surface area (Å²) >= 11 is 0. The van der Waals surface area contributed by atoms with Crippen molar-refractivity contribution >= 4 is 23.6 Å². The Morgan fingerprint density at radius 1 is 1.11 bits per heavy atom. The van der Waals surface area contributed by atoms with Crippen molar-refractivity contribution in [3.05, 3.63) is 65.0 Å². The van der Waals surface area contributed by atoms with Crippen molar-refractivity contribution in [1.82, 2.24) is 10.2 Å². The van der Waals surface area contributed by atoms with E-state index in [1.54, 1.807) is 25.7 Å². The zero-order valence-corrected chi connectivity index (χ0v) is 20.1. The molecule has 0 unspecified atom stereocenters. The van der Waals surface area contributed by atoms with Gasteiger partial charge in [0.25, 0.3) is 5.91 Å². The van der Waals surface area contributed by atoms with Crippen molar-refractivity contribution in [3.8, 4) is 0 Å². The van der Waals surface area contributed by atoms with E-state index in [1.165, 1.54) is 29.2 Å². The quantitative estimate of drug-likeness (QED) is 0.699. The summed E-state index contributed by atoms with van der Waals surface area (Å²) in [5, 5.41) is 13.5. The van der Waals surface area contributed by atoms with Gasteiger partial charge < -0.3 is 20.1 Å². The number of aryl methyl sites for hydroxylation is 1. The van der Waals surface area contributed by atoms with Gasteiger partial charge in [-0.2, -0.15) is 0 Å². The molecule has 2 N–H and O–H groups in total. The lowest BCUT2D eigenvalue weighted by molar-refractivity contribution is -0.121. The minimum absolute atomic E-state index is 0.0979. The molecule has 8 nitrogen and oxygen atoms in total. The molecular formula is C26H30FN3O5. The van der Waals surface area contributed by atoms with E-state index in [1.807, 2.05) is 18.2 Å². The van der Waals surface area contributed by atoms with Crippen LogP contribution in [0.2, 0.25) is 0 Å². The van der Waals surface area contributed by atoms with Crippen molar-refractivity contribution in [2.75, 3.05) is 24.5 Å². The summed E-state index contributed by atoms with van der Waals surface area (Å²) in [6.45, 7) is 5.85. The van der Waals surface area contributed by atoms with E-state index in [0.29, 0.717) is 31.6 Å². The number of amides is 3. The number of ether oxygens (including phenoxy) is 1. The maximum atomic E-state index is 13.2. The summed E-state index contributed by atoms with van der Waals surface area (Å²) in [6, 6.07) is 10.1. The highest BCUT2D eigenvalue weighted by Gasteiger charge is 2.33. The molecule has 1 fully saturated rings. The predicted molar refractivity (Wildman–Crippen MR) is 128 cm³/mol. The van der Waals surface area contributed by atoms with E-state index in [4.69, 9.17) is 4.74 Å². The van der Waals surface area contributed by atoms with Crippen LogP contribution in [0, 0.1) is 5.82 Å². The zero-order chi connectivity index (χ0) is 25.3. The SMILES string of the molecule is CC(C)(C)OC(=O)N1CCN(c2ccc3c(c2)[C@H](NC(=O)c2ccc(F)cc2)[C@@H](O)CC3)C(=O)C1. The number of hydrogen-bond acceptors (Lipinski definition) is 5. The van der Waals surface area contributed by atoms with E-state index in [9.17, 15) is 23.9 Å². The molecule has 186 valence electrons. The van der Waals surface area contributed by atoms with E-state index >= 15 is 0 Å². The van der Waals surface area contributed by atoms with Gasteiger partial charge >= 0.3 is 6.09 Å². The lowest BCUT2D eigenvalue weighted by atomic mass is 9.85. The van der Waals surface area contributed by atoms with Gasteiger partial charge in [0.1, 0.15) is 18.0 Å². The normalized spacial score (nSPS) is 20.3. The lowest BCUT2D eigenvalue weighted by Crippen LogP contribution is -2.53. The number of piperazine rings is 1. The van der Waals surface area contributed by atoms with Crippen molar-refractivity contribution in [2.45, 2.75) is 51.4 Å². The van der Waals surface area contributed by atoms with Gasteiger partial charge in [0.2, 0.25) is 5.91 Å². The highest BCUT2D eigenvalue weighted by Crippen LogP contribution is 2.34. The summed E-state index contributed by atoms with van der Waals surface area (Å²) in [5.74, 6) is -1.11. The van der Waals surface area contributed by atoms with Gasteiger partial charge in [-0.25, -0.2) is 9.18 Å². The minimum atomic E-state index is -0.804. The first-order valence-electron chi connectivity index (χ1n) is 11.7. The van der Waals surface area contributed by atoms with Gasteiger partial charge in [-0.15, -0.1) is 0 Å². The number of carbonyl (C=O) groups excluding carboxylic acids is 3. The molecule has 0 aromatic heterocycles. The number of hydrogen-bond donors (Lipinski definition) is 2. The van der Waals surface area contributed by atoms with Gasteiger partial charge in [0.15, 0.2) is 0 Å². The molecule has 0 spiro atoms. The van der Waals surface area contributed by atoms with Gasteiger partial charge in [0.05, 0.1) is 12.1 Å². The van der Waals surface area contributed by atoms with Crippen molar-refractivity contribution in [2.24, 2.45) is 0 Å². The first-order valence-corrected chi connectivity index (χ1v) is 11.7. The molecule has 0 saturated carbocycles. The third-order valence-corrected chi connectivity index (χ3v) is 6.14. The largest absolute Gasteiger partial charge is 0.444 e. The molecule has 1 aliphatic carbocycles. The Hall–Kier alpha value is -3.46. The first-order chi connectivity index (χ1) is 16.5. The smallest absolute Gasteiger partial charge is 0.410 e. The minimum Gasteiger partial charge on any atom is -0.444 e. The number of fused-ring (bicyclic) bond motifs is 1. The Bertz CT molecular complexity index is 1130. The standard InChI is InChI=1S/C26H30FN3O5/c1-26(2,3)35-25(34)29-12-13-30(22(32)15-29)19-10-6-16-7-11-21(31)23(20(16)14-19)28-24(33)17-4-8-18(27)9-5-17/h4-6,8-10,14,21,23,31H,7,11-13,15H2,1-3H3,(H,28,33)/t21-,23-/m0/s1. The monoisotopic (exact) mass is 483 g/mol. The third kappa shape index (κ3) is 5.62. The van der Waals surface area contributed by atoms with Crippen LogP contribution in [0.3, 0.4) is 0 Å². The molecule has 9 heteroatoms. The van der Waals surface area contributed by atoms with E-state index in [-0.39, 0.29) is 18.0 Å². The van der Waals surface area contributed by atoms with Gasteiger partial charge in [-0.1, -0.05) is 6.07 Å². The maximum Gasteiger partial charge on any atom is 0.410 e. The third-order valence-electron chi connectivity index (χ3n) is 6.14. The fourth-order valence-corrected chi connectivity index (χ4v) is 4.37. The molecule has 2 aromatic carbocycles. The Balaban J connectivity index is 1.52. The molecule has 3 amide bonds. The van der Waals surface area contributed by atoms with E-state index in [0.717, 1.165) is 11.1 Å². The van der Waals surface area contributed by atoms with Crippen LogP contribution in [-0.2, 0) is 16.0 Å². The number of halogens is 1. The number of benzene rings is 2. The first kappa shape index (κ1) is 24.7. The number of nitrogens with zero attached hydrogens (tertiary/aromatic N) is 2. The van der Waals surface area contributed by atoms with Crippen LogP contribution in [-0.4, -0.2) is 59.3 Å². The molecule has 2 aliphatic rings. The van der Waals surface area contributed by atoms with Crippen molar-refractivity contribution in [1.29, 1.82) is 0 Å². The predicted octanol–water partition coefficient (Wildman–Crippen LogP) is 3.19. The fourth-order valence-electron chi connectivity index (χ4n) is 4.37. The second kappa shape index (κ2) is 9.65. The highest BCUT2D eigenvalue weighted by molar-refractivity contribution is 5.97. The summed E-state index contributed by atoms with van der Waals surface area (Å²) in [6.07, 6.45) is -0.210. The molecule has 1 heterocycles. The number of rotatable bonds is 3. The molecule has 1 aliphatic heterocycles. The van der Waals surface area contributed by atoms with Crippen LogP contribution in [0.1, 0.15) is 54.7 Å². The Labute approximate surface area is 203 Å². The number of aliphatic hydroxyl groups excluding tert-OH is 1. The number of anilines is 1. The maximum absolute atomic E-state index is 13.2. The number of carbonyl (C=O) groups is 3. The average Bonchev–Trinajstić information content (AvgIpc) is 2.80. The van der Waals surface area contributed by atoms with E-state index < -0.39 is 35.6 Å². The van der Waals surface area contributed by atoms with Crippen LogP contribution < -0.4 is 10.2 Å². The molecule has 0 radical (unpaired) electrons. The molecule has 2 aromatic rings. The fraction of sp³-hybridized carbons (Fsp3) is 0.423. The van der Waals surface area contributed by atoms with Gasteiger partial charge in [0, 0.05) is 24.3 Å². The lowest BCUT2D eigenvalue weighted by Gasteiger charge is -2.36. The Morgan fingerprint density at radius 3 is 2.49 bits per heavy atom. The summed E-state index contributed by atoms with van der Waals surface area (Å²) in [4.78, 5) is 41.0. The molecular weight excluding hydrogens is 453 g/mol. The van der Waals surface area contributed by atoms with E-state index in [2.05, 4.69) is 5.32 Å². The summed E-state index contributed by atoms with van der Waals surface area (Å²) in [5.41, 5.74) is 1.98. The zero-order valence-electron chi connectivity index (χ0n) is 20.1. The number of aliphatic hydroxyl groups is 1. The van der Waals surface area contributed by atoms with Crippen molar-refractivity contribution in [3.63, 3.8) is 0 Å². The van der Waals surface area contributed by atoms with Gasteiger partial charge in [-0.3, -0.25) is 14.5 Å². The van der Waals surface area contributed by atoms with Crippen LogP contribution in [0.15, 0.2) is 42.5 Å². The average molecular weight is 484 g/mol. The van der Waals surface area contributed by atoms with Crippen molar-refractivity contribution < 1.29 is 28.6 Å². The molecule has 1 saturated heterocycles. The van der Waals surface area contributed by atoms with Crippen LogP contribution in [0.5, 0.6) is 0 Å². The second-order valence-electron chi connectivity index (χ2n) is 9.89. The molecule has 4 rings (SSSR count). The highest BCUT2D eigenvalue weighted by atomic mass is 19.1. The Morgan fingerprint density at radius 2 is 1.83 bits per heavy atom. The topological polar surface area (TPSA) is 99.2 Å². The molecule has 35 heavy (non-hydrogen) atoms. The van der Waals surface area contributed by atoms with Crippen LogP contribution in [0.25, 0.3) is 0 Å². The molecule has 2 atom stereocenters. The number of nitrogens with one attached hydrogen (secondary N) is 1. The summed E-state index contributed by atoms with van der Waals surface area (Å²) < 4.78 is 18.6. The van der Waals surface area contributed by atoms with Crippen LogP contribution in [0.4, 0.5) is 14.9 Å². The van der Waals surface area contributed by atoms with Crippen LogP contribution >= 0.6 is 0 Å². The Kier molecular flexibility index (Phi) is 6.80. The van der Waals surface area contributed by atoms with Gasteiger partial charge in [-0.05, 0) is 81.1 Å². The second-order valence-corrected chi connectivity index (χ2v) is 9.89. The summed E-state index contributed by atoms with van der Waals surface area (Å²) in [7, 11) is 0.